The second-order valence-electron chi connectivity index (χ2n) is 11.0. The third-order valence-electron chi connectivity index (χ3n) is 8.21. The minimum Gasteiger partial charge on any atom is -0.489 e. The fourth-order valence-corrected chi connectivity index (χ4v) is 5.96. The van der Waals surface area contributed by atoms with Crippen molar-refractivity contribution in [3.05, 3.63) is 76.3 Å². The van der Waals surface area contributed by atoms with Crippen molar-refractivity contribution in [1.82, 2.24) is 19.4 Å². The number of hydrogen-bond donors (Lipinski definition) is 0. The van der Waals surface area contributed by atoms with E-state index in [9.17, 15) is 4.79 Å². The molecule has 0 bridgehead atoms. The predicted molar refractivity (Wildman–Crippen MR) is 161 cm³/mol. The zero-order chi connectivity index (χ0) is 30.1. The molecule has 4 heterocycles. The van der Waals surface area contributed by atoms with Crippen LogP contribution in [0.1, 0.15) is 53.1 Å². The van der Waals surface area contributed by atoms with Crippen LogP contribution in [0.15, 0.2) is 48.7 Å². The number of imidazole rings is 1. The van der Waals surface area contributed by atoms with Gasteiger partial charge in [-0.25, -0.2) is 9.78 Å². The van der Waals surface area contributed by atoms with Gasteiger partial charge in [-0.2, -0.15) is 0 Å². The molecule has 4 aromatic rings. The van der Waals surface area contributed by atoms with Gasteiger partial charge in [0.2, 0.25) is 0 Å². The number of esters is 1. The molecule has 0 unspecified atom stereocenters. The summed E-state index contributed by atoms with van der Waals surface area (Å²) >= 11 is 6.04. The summed E-state index contributed by atoms with van der Waals surface area (Å²) in [5, 5.41) is 0.566. The smallest absolute Gasteiger partial charge is 0.338 e. The van der Waals surface area contributed by atoms with Crippen LogP contribution in [0.5, 0.6) is 17.2 Å². The maximum Gasteiger partial charge on any atom is 0.338 e. The highest BCUT2D eigenvalue weighted by atomic mass is 35.5. The summed E-state index contributed by atoms with van der Waals surface area (Å²) < 4.78 is 30.8. The number of aromatic nitrogens is 3. The first-order chi connectivity index (χ1) is 20.8. The molecule has 0 spiro atoms. The lowest BCUT2D eigenvalue weighted by Crippen LogP contribution is -2.34. The number of carbonyl (C=O) groups excluding carboxylic acids is 1. The Balaban J connectivity index is 1.17. The molecule has 1 saturated heterocycles. The molecular weight excluding hydrogens is 572 g/mol. The van der Waals surface area contributed by atoms with Gasteiger partial charge in [-0.15, -0.1) is 0 Å². The normalized spacial score (nSPS) is 18.7. The van der Waals surface area contributed by atoms with Crippen molar-refractivity contribution in [3.8, 4) is 17.2 Å². The van der Waals surface area contributed by atoms with Gasteiger partial charge in [0.25, 0.3) is 5.79 Å². The molecule has 6 rings (SSSR count). The number of fused-ring (bicyclic) bond motifs is 2. The van der Waals surface area contributed by atoms with Gasteiger partial charge >= 0.3 is 5.97 Å². The van der Waals surface area contributed by atoms with Gasteiger partial charge in [0, 0.05) is 32.8 Å². The van der Waals surface area contributed by atoms with E-state index >= 15 is 0 Å². The number of para-hydroxylation sites is 1. The third-order valence-corrected chi connectivity index (χ3v) is 8.43. The minimum atomic E-state index is -1.01. The molecule has 0 aliphatic carbocycles. The second kappa shape index (κ2) is 12.0. The number of benzene rings is 2. The van der Waals surface area contributed by atoms with Gasteiger partial charge in [0.15, 0.2) is 11.5 Å². The van der Waals surface area contributed by atoms with Crippen molar-refractivity contribution in [2.75, 3.05) is 40.5 Å². The van der Waals surface area contributed by atoms with Crippen molar-refractivity contribution in [2.45, 2.75) is 38.0 Å². The number of pyridine rings is 1. The fraction of sp³-hybridized carbons (Fsp3) is 0.406. The first-order valence-corrected chi connectivity index (χ1v) is 14.7. The Hall–Kier alpha value is -3.86. The lowest BCUT2D eigenvalue weighted by Gasteiger charge is -2.32. The fourth-order valence-electron chi connectivity index (χ4n) is 5.85. The monoisotopic (exact) mass is 606 g/mol. The van der Waals surface area contributed by atoms with Gasteiger partial charge in [0.1, 0.15) is 29.4 Å². The van der Waals surface area contributed by atoms with Crippen LogP contribution in [-0.4, -0.2) is 65.9 Å². The minimum absolute atomic E-state index is 0.333. The summed E-state index contributed by atoms with van der Waals surface area (Å²) in [5.74, 6) is 1.86. The van der Waals surface area contributed by atoms with Crippen molar-refractivity contribution in [1.29, 1.82) is 0 Å². The van der Waals surface area contributed by atoms with E-state index in [2.05, 4.69) is 16.0 Å². The number of halogens is 1. The number of carbonyl (C=O) groups is 1. The Morgan fingerprint density at radius 3 is 2.65 bits per heavy atom. The molecule has 43 heavy (non-hydrogen) atoms. The van der Waals surface area contributed by atoms with E-state index in [1.807, 2.05) is 36.7 Å². The Kier molecular flexibility index (Phi) is 8.17. The molecule has 2 aromatic heterocycles. The average Bonchev–Trinajstić information content (AvgIpc) is 3.54. The zero-order valence-electron chi connectivity index (χ0n) is 24.8. The molecule has 1 atom stereocenters. The molecule has 2 aromatic carbocycles. The van der Waals surface area contributed by atoms with Gasteiger partial charge < -0.3 is 28.3 Å². The standard InChI is InChI=1S/C32H35ClN4O6/c1-32(27-9-8-22(33)18-34-27)42-25-7-5-6-23(30(25)43-32)20-10-12-37(13-11-20)19-28-35-29-24(36(28)2)16-21(31(38)40-4)17-26(29)41-15-14-39-3/h5-9,16-18,20H,10-15,19H2,1-4H3/t32-/m0/s1. The largest absolute Gasteiger partial charge is 0.489 e. The van der Waals surface area contributed by atoms with Gasteiger partial charge in [-0.05, 0) is 62.2 Å². The molecule has 226 valence electrons. The Labute approximate surface area is 255 Å². The van der Waals surface area contributed by atoms with E-state index in [4.69, 9.17) is 40.3 Å². The lowest BCUT2D eigenvalue weighted by atomic mass is 9.88. The summed E-state index contributed by atoms with van der Waals surface area (Å²) in [7, 11) is 4.96. The Bertz CT molecular complexity index is 1630. The van der Waals surface area contributed by atoms with Crippen LogP contribution < -0.4 is 14.2 Å². The number of ether oxygens (including phenoxy) is 5. The van der Waals surface area contributed by atoms with Crippen LogP contribution in [0.4, 0.5) is 0 Å². The number of piperidine rings is 1. The van der Waals surface area contributed by atoms with E-state index in [0.717, 1.165) is 54.3 Å². The maximum absolute atomic E-state index is 12.3. The second-order valence-corrected chi connectivity index (χ2v) is 11.4. The van der Waals surface area contributed by atoms with Crippen LogP contribution in [-0.2, 0) is 28.9 Å². The van der Waals surface area contributed by atoms with Crippen molar-refractivity contribution >= 4 is 28.6 Å². The van der Waals surface area contributed by atoms with Crippen LogP contribution in [0.25, 0.3) is 11.0 Å². The Morgan fingerprint density at radius 1 is 1.12 bits per heavy atom. The zero-order valence-corrected chi connectivity index (χ0v) is 25.5. The molecule has 10 nitrogen and oxygen atoms in total. The van der Waals surface area contributed by atoms with Gasteiger partial charge in [0.05, 0.1) is 36.4 Å². The van der Waals surface area contributed by atoms with Crippen LogP contribution in [0, 0.1) is 0 Å². The van der Waals surface area contributed by atoms with Crippen LogP contribution in [0.3, 0.4) is 0 Å². The first-order valence-electron chi connectivity index (χ1n) is 14.3. The van der Waals surface area contributed by atoms with E-state index in [1.165, 1.54) is 7.11 Å². The molecule has 1 fully saturated rings. The van der Waals surface area contributed by atoms with E-state index in [1.54, 1.807) is 31.5 Å². The molecule has 0 amide bonds. The van der Waals surface area contributed by atoms with E-state index < -0.39 is 11.8 Å². The number of nitrogens with zero attached hydrogens (tertiary/aromatic N) is 4. The number of hydrogen-bond acceptors (Lipinski definition) is 9. The van der Waals surface area contributed by atoms with E-state index in [0.29, 0.717) is 53.2 Å². The average molecular weight is 607 g/mol. The number of aryl methyl sites for hydroxylation is 1. The highest BCUT2D eigenvalue weighted by Gasteiger charge is 2.42. The van der Waals surface area contributed by atoms with Crippen LogP contribution in [0.2, 0.25) is 5.02 Å². The van der Waals surface area contributed by atoms with Crippen LogP contribution >= 0.6 is 11.6 Å². The molecule has 0 radical (unpaired) electrons. The molecule has 2 aliphatic rings. The number of likely N-dealkylation sites (tertiary alicyclic amines) is 1. The number of rotatable bonds is 9. The first kappa shape index (κ1) is 29.2. The maximum atomic E-state index is 12.3. The summed E-state index contributed by atoms with van der Waals surface area (Å²) in [6, 6.07) is 13.2. The van der Waals surface area contributed by atoms with Crippen molar-refractivity contribution in [3.63, 3.8) is 0 Å². The summed E-state index contributed by atoms with van der Waals surface area (Å²) in [6.45, 7) is 5.14. The molecule has 0 saturated carbocycles. The highest BCUT2D eigenvalue weighted by molar-refractivity contribution is 6.30. The van der Waals surface area contributed by atoms with Crippen molar-refractivity contribution < 1.29 is 28.5 Å². The van der Waals surface area contributed by atoms with Gasteiger partial charge in [-0.1, -0.05) is 23.7 Å². The number of methoxy groups -OCH3 is 2. The predicted octanol–water partition coefficient (Wildman–Crippen LogP) is 5.46. The molecule has 11 heteroatoms. The van der Waals surface area contributed by atoms with Crippen molar-refractivity contribution in [2.24, 2.45) is 7.05 Å². The topological polar surface area (TPSA) is 97.2 Å². The summed E-state index contributed by atoms with van der Waals surface area (Å²) in [5.41, 5.74) is 3.78. The molecular formula is C32H35ClN4O6. The van der Waals surface area contributed by atoms with E-state index in [-0.39, 0.29) is 0 Å². The lowest BCUT2D eigenvalue weighted by molar-refractivity contribution is -0.0722. The third kappa shape index (κ3) is 5.74. The summed E-state index contributed by atoms with van der Waals surface area (Å²) in [4.78, 5) is 24.1. The molecule has 2 aliphatic heterocycles. The highest BCUT2D eigenvalue weighted by Crippen LogP contribution is 2.49. The van der Waals surface area contributed by atoms with Gasteiger partial charge in [-0.3, -0.25) is 9.88 Å². The summed E-state index contributed by atoms with van der Waals surface area (Å²) in [6.07, 6.45) is 3.54. The molecule has 0 N–H and O–H groups in total. The SMILES string of the molecule is COCCOc1cc(C(=O)OC)cc2c1nc(CN1CCC(c3cccc4c3O[C@@](C)(c3ccc(Cl)cn3)O4)CC1)n2C. The quantitative estimate of drug-likeness (QED) is 0.182. The Morgan fingerprint density at radius 2 is 1.93 bits per heavy atom.